The van der Waals surface area contributed by atoms with Crippen LogP contribution < -0.4 is 10.5 Å². The van der Waals surface area contributed by atoms with Crippen LogP contribution in [0.2, 0.25) is 0 Å². The molecule has 0 saturated heterocycles. The lowest BCUT2D eigenvalue weighted by Crippen LogP contribution is -2.31. The summed E-state index contributed by atoms with van der Waals surface area (Å²) in [7, 11) is -2.44. The molecule has 90 valence electrons. The van der Waals surface area contributed by atoms with Gasteiger partial charge in [-0.05, 0) is 24.1 Å². The van der Waals surface area contributed by atoms with Crippen molar-refractivity contribution in [3.05, 3.63) is 29.8 Å². The maximum Gasteiger partial charge on any atom is 0.266 e. The van der Waals surface area contributed by atoms with Gasteiger partial charge in [0, 0.05) is 6.04 Å². The van der Waals surface area contributed by atoms with Gasteiger partial charge in [-0.15, -0.1) is 0 Å². The summed E-state index contributed by atoms with van der Waals surface area (Å²) < 4.78 is 34.8. The first kappa shape index (κ1) is 13.0. The van der Waals surface area contributed by atoms with E-state index in [2.05, 4.69) is 0 Å². The summed E-state index contributed by atoms with van der Waals surface area (Å²) in [4.78, 5) is 0. The third kappa shape index (κ3) is 4.61. The van der Waals surface area contributed by atoms with Crippen molar-refractivity contribution >= 4 is 10.1 Å². The normalized spacial score (nSPS) is 13.4. The monoisotopic (exact) mass is 245 g/mol. The molecule has 1 unspecified atom stereocenters. The average molecular weight is 245 g/mol. The number of benzene rings is 1. The van der Waals surface area contributed by atoms with Crippen molar-refractivity contribution in [2.45, 2.75) is 12.5 Å². The molecule has 0 spiro atoms. The van der Waals surface area contributed by atoms with Crippen LogP contribution in [0, 0.1) is 0 Å². The van der Waals surface area contributed by atoms with E-state index >= 15 is 0 Å². The number of ether oxygens (including phenoxy) is 1. The minimum Gasteiger partial charge on any atom is -0.497 e. The van der Waals surface area contributed by atoms with Crippen molar-refractivity contribution in [3.8, 4) is 5.75 Å². The minimum absolute atomic E-state index is 0.393. The van der Waals surface area contributed by atoms with Gasteiger partial charge in [0.2, 0.25) is 0 Å². The molecule has 0 fully saturated rings. The van der Waals surface area contributed by atoms with Crippen molar-refractivity contribution in [2.75, 3.05) is 12.9 Å². The van der Waals surface area contributed by atoms with Gasteiger partial charge < -0.3 is 10.5 Å². The van der Waals surface area contributed by atoms with Crippen LogP contribution in [-0.2, 0) is 16.5 Å². The van der Waals surface area contributed by atoms with Gasteiger partial charge >= 0.3 is 0 Å². The highest BCUT2D eigenvalue weighted by atomic mass is 32.2. The molecule has 3 N–H and O–H groups in total. The van der Waals surface area contributed by atoms with Crippen molar-refractivity contribution < 1.29 is 17.7 Å². The highest BCUT2D eigenvalue weighted by Gasteiger charge is 2.13. The predicted octanol–water partition coefficient (Wildman–Crippen LogP) is 0.453. The Bertz CT molecular complexity index is 427. The van der Waals surface area contributed by atoms with Crippen LogP contribution in [-0.4, -0.2) is 31.9 Å². The molecule has 6 heteroatoms. The molecule has 0 heterocycles. The molecule has 0 aliphatic carbocycles. The van der Waals surface area contributed by atoms with E-state index in [0.29, 0.717) is 6.42 Å². The van der Waals surface area contributed by atoms with Crippen molar-refractivity contribution in [1.29, 1.82) is 0 Å². The van der Waals surface area contributed by atoms with Crippen LogP contribution >= 0.6 is 0 Å². The van der Waals surface area contributed by atoms with Gasteiger partial charge in [0.1, 0.15) is 5.75 Å². The first-order valence-electron chi connectivity index (χ1n) is 4.74. The smallest absolute Gasteiger partial charge is 0.266 e. The van der Waals surface area contributed by atoms with E-state index in [1.807, 2.05) is 12.1 Å². The van der Waals surface area contributed by atoms with Crippen LogP contribution in [0.5, 0.6) is 5.75 Å². The first-order valence-corrected chi connectivity index (χ1v) is 6.35. The quantitative estimate of drug-likeness (QED) is 0.735. The lowest BCUT2D eigenvalue weighted by Gasteiger charge is -2.09. The molecule has 1 rings (SSSR count). The van der Waals surface area contributed by atoms with Gasteiger partial charge in [0.25, 0.3) is 10.1 Å². The number of rotatable bonds is 5. The SMILES string of the molecule is COc1ccc(CC(N)CS(=O)(=O)O)cc1. The summed E-state index contributed by atoms with van der Waals surface area (Å²) in [5.74, 6) is 0.297. The van der Waals surface area contributed by atoms with E-state index < -0.39 is 21.9 Å². The molecule has 1 aromatic rings. The molecule has 16 heavy (non-hydrogen) atoms. The fraction of sp³-hybridized carbons (Fsp3) is 0.400. The molecule has 0 amide bonds. The summed E-state index contributed by atoms with van der Waals surface area (Å²) in [5, 5.41) is 0. The molecule has 1 atom stereocenters. The summed E-state index contributed by atoms with van der Waals surface area (Å²) in [6.45, 7) is 0. The topological polar surface area (TPSA) is 89.6 Å². The Morgan fingerprint density at radius 1 is 1.38 bits per heavy atom. The highest BCUT2D eigenvalue weighted by Crippen LogP contribution is 2.12. The molecule has 0 bridgehead atoms. The molecule has 5 nitrogen and oxygen atoms in total. The van der Waals surface area contributed by atoms with E-state index in [1.165, 1.54) is 0 Å². The fourth-order valence-corrected chi connectivity index (χ4v) is 2.05. The molecule has 0 aliphatic rings. The molecule has 0 aromatic heterocycles. The van der Waals surface area contributed by atoms with Crippen LogP contribution in [0.1, 0.15) is 5.56 Å². The van der Waals surface area contributed by atoms with Gasteiger partial charge in [0.15, 0.2) is 0 Å². The molecule has 0 saturated carbocycles. The van der Waals surface area contributed by atoms with Crippen LogP contribution in [0.3, 0.4) is 0 Å². The Labute approximate surface area is 95.0 Å². The predicted molar refractivity (Wildman–Crippen MR) is 61.1 cm³/mol. The first-order chi connectivity index (χ1) is 7.40. The lowest BCUT2D eigenvalue weighted by atomic mass is 10.1. The summed E-state index contributed by atoms with van der Waals surface area (Å²) in [6, 6.07) is 6.56. The lowest BCUT2D eigenvalue weighted by molar-refractivity contribution is 0.414. The number of nitrogens with two attached hydrogens (primary N) is 1. The van der Waals surface area contributed by atoms with E-state index in [4.69, 9.17) is 15.0 Å². The number of hydrogen-bond acceptors (Lipinski definition) is 4. The molecule has 0 radical (unpaired) electrons. The van der Waals surface area contributed by atoms with Crippen LogP contribution in [0.4, 0.5) is 0 Å². The van der Waals surface area contributed by atoms with Gasteiger partial charge in [-0.1, -0.05) is 12.1 Å². The minimum atomic E-state index is -4.01. The van der Waals surface area contributed by atoms with Crippen LogP contribution in [0.25, 0.3) is 0 Å². The Balaban J connectivity index is 2.59. The Kier molecular flexibility index (Phi) is 4.28. The van der Waals surface area contributed by atoms with Gasteiger partial charge in [0.05, 0.1) is 12.9 Å². The average Bonchev–Trinajstić information content (AvgIpc) is 2.16. The number of hydrogen-bond donors (Lipinski definition) is 2. The van der Waals surface area contributed by atoms with Gasteiger partial charge in [-0.3, -0.25) is 4.55 Å². The number of methoxy groups -OCH3 is 1. The second kappa shape index (κ2) is 5.29. The van der Waals surface area contributed by atoms with Crippen LogP contribution in [0.15, 0.2) is 24.3 Å². The zero-order valence-electron chi connectivity index (χ0n) is 8.96. The maximum absolute atomic E-state index is 10.6. The molecular formula is C10H15NO4S. The fourth-order valence-electron chi connectivity index (χ4n) is 1.39. The van der Waals surface area contributed by atoms with Gasteiger partial charge in [-0.25, -0.2) is 0 Å². The van der Waals surface area contributed by atoms with E-state index in [1.54, 1.807) is 19.2 Å². The van der Waals surface area contributed by atoms with E-state index in [9.17, 15) is 8.42 Å². The second-order valence-corrected chi connectivity index (χ2v) is 5.06. The van der Waals surface area contributed by atoms with E-state index in [0.717, 1.165) is 11.3 Å². The van der Waals surface area contributed by atoms with Gasteiger partial charge in [-0.2, -0.15) is 8.42 Å². The Morgan fingerprint density at radius 3 is 2.38 bits per heavy atom. The standard InChI is InChI=1S/C10H15NO4S/c1-15-10-4-2-8(3-5-10)6-9(11)7-16(12,13)14/h2-5,9H,6-7,11H2,1H3,(H,12,13,14). The van der Waals surface area contributed by atoms with Crippen molar-refractivity contribution in [2.24, 2.45) is 5.73 Å². The summed E-state index contributed by atoms with van der Waals surface area (Å²) in [5.41, 5.74) is 6.49. The summed E-state index contributed by atoms with van der Waals surface area (Å²) in [6.07, 6.45) is 0.393. The molecule has 0 aliphatic heterocycles. The van der Waals surface area contributed by atoms with Crippen molar-refractivity contribution in [3.63, 3.8) is 0 Å². The highest BCUT2D eigenvalue weighted by molar-refractivity contribution is 7.85. The molecule has 1 aromatic carbocycles. The summed E-state index contributed by atoms with van der Waals surface area (Å²) >= 11 is 0. The largest absolute Gasteiger partial charge is 0.497 e. The third-order valence-electron chi connectivity index (χ3n) is 2.08. The maximum atomic E-state index is 10.6. The zero-order chi connectivity index (χ0) is 12.2. The molecular weight excluding hydrogens is 230 g/mol. The van der Waals surface area contributed by atoms with E-state index in [-0.39, 0.29) is 0 Å². The Hall–Kier alpha value is -1.11. The Morgan fingerprint density at radius 2 is 1.94 bits per heavy atom. The zero-order valence-corrected chi connectivity index (χ0v) is 9.78. The van der Waals surface area contributed by atoms with Crippen molar-refractivity contribution in [1.82, 2.24) is 0 Å². The third-order valence-corrected chi connectivity index (χ3v) is 2.93. The second-order valence-electron chi connectivity index (χ2n) is 3.56.